The quantitative estimate of drug-likeness (QED) is 0.793. The molecule has 0 spiro atoms. The highest BCUT2D eigenvalue weighted by Gasteiger charge is 2.35. The average Bonchev–Trinajstić information content (AvgIpc) is 2.96. The number of hydrogen-bond donors (Lipinski definition) is 0. The summed E-state index contributed by atoms with van der Waals surface area (Å²) in [4.78, 5) is 25.6. The number of methoxy groups -OCH3 is 1. The molecule has 3 rings (SSSR count). The standard InChI is InChI=1S/C18H15FNO3S/c1-11-9-13(18(22)23-2)5-8-15(11)20-16(21)10-24-17(20)12-3-6-14(19)7-4-12/h3-10,17H,1-2H3. The highest BCUT2D eigenvalue weighted by atomic mass is 32.2. The van der Waals surface area contributed by atoms with E-state index in [1.807, 2.05) is 6.92 Å². The van der Waals surface area contributed by atoms with Gasteiger partial charge in [-0.2, -0.15) is 0 Å². The number of nitrogens with zero attached hydrogens (tertiary/aromatic N) is 1. The molecule has 1 unspecified atom stereocenters. The van der Waals surface area contributed by atoms with Crippen molar-refractivity contribution in [2.45, 2.75) is 12.3 Å². The maximum atomic E-state index is 13.1. The molecule has 1 amide bonds. The molecular formula is C18H15FNO3S. The van der Waals surface area contributed by atoms with Crippen molar-refractivity contribution in [3.05, 3.63) is 70.7 Å². The highest BCUT2D eigenvalue weighted by molar-refractivity contribution is 8.03. The Bertz CT molecular complexity index is 791. The van der Waals surface area contributed by atoms with Crippen molar-refractivity contribution in [1.82, 2.24) is 0 Å². The first-order valence-corrected chi connectivity index (χ1v) is 8.22. The van der Waals surface area contributed by atoms with Gasteiger partial charge in [-0.25, -0.2) is 9.18 Å². The van der Waals surface area contributed by atoms with Crippen LogP contribution in [0.5, 0.6) is 0 Å². The lowest BCUT2D eigenvalue weighted by Crippen LogP contribution is -2.27. The first kappa shape index (κ1) is 16.5. The Kier molecular flexibility index (Phi) is 4.57. The molecule has 2 aromatic rings. The van der Waals surface area contributed by atoms with E-state index >= 15 is 0 Å². The molecular weight excluding hydrogens is 329 g/mol. The predicted molar refractivity (Wildman–Crippen MR) is 91.0 cm³/mol. The van der Waals surface area contributed by atoms with Crippen molar-refractivity contribution in [2.75, 3.05) is 12.0 Å². The van der Waals surface area contributed by atoms with Crippen molar-refractivity contribution < 1.29 is 18.7 Å². The van der Waals surface area contributed by atoms with Gasteiger partial charge in [0.1, 0.15) is 16.9 Å². The smallest absolute Gasteiger partial charge is 0.337 e. The lowest BCUT2D eigenvalue weighted by molar-refractivity contribution is -0.114. The number of carbonyl (C=O) groups is 2. The van der Waals surface area contributed by atoms with Crippen LogP contribution in [0.25, 0.3) is 0 Å². The first-order valence-electron chi connectivity index (χ1n) is 7.27. The zero-order valence-electron chi connectivity index (χ0n) is 13.2. The van der Waals surface area contributed by atoms with Crippen LogP contribution >= 0.6 is 11.8 Å². The maximum Gasteiger partial charge on any atom is 0.337 e. The van der Waals surface area contributed by atoms with Gasteiger partial charge < -0.3 is 4.74 Å². The van der Waals surface area contributed by atoms with Crippen molar-refractivity contribution in [1.29, 1.82) is 0 Å². The van der Waals surface area contributed by atoms with Gasteiger partial charge in [0, 0.05) is 5.69 Å². The van der Waals surface area contributed by atoms with Crippen LogP contribution in [0, 0.1) is 18.5 Å². The summed E-state index contributed by atoms with van der Waals surface area (Å²) in [6.45, 7) is 1.83. The van der Waals surface area contributed by atoms with Crippen LogP contribution in [-0.4, -0.2) is 19.0 Å². The zero-order chi connectivity index (χ0) is 17.3. The molecule has 0 aromatic heterocycles. The minimum Gasteiger partial charge on any atom is -0.465 e. The monoisotopic (exact) mass is 344 g/mol. The summed E-state index contributed by atoms with van der Waals surface area (Å²) in [6.07, 6.45) is 0. The van der Waals surface area contributed by atoms with Gasteiger partial charge in [-0.15, -0.1) is 11.8 Å². The topological polar surface area (TPSA) is 46.6 Å². The summed E-state index contributed by atoms with van der Waals surface area (Å²) in [7, 11) is 1.33. The summed E-state index contributed by atoms with van der Waals surface area (Å²) in [5, 5.41) is -0.263. The fraction of sp³-hybridized carbons (Fsp3) is 0.167. The van der Waals surface area contributed by atoms with Crippen molar-refractivity contribution in [2.24, 2.45) is 0 Å². The van der Waals surface area contributed by atoms with Crippen LogP contribution in [0.1, 0.15) is 26.9 Å². The van der Waals surface area contributed by atoms with E-state index in [1.165, 1.54) is 31.0 Å². The summed E-state index contributed by atoms with van der Waals surface area (Å²) >= 11 is 1.37. The van der Waals surface area contributed by atoms with Crippen LogP contribution < -0.4 is 4.90 Å². The van der Waals surface area contributed by atoms with E-state index in [1.54, 1.807) is 41.0 Å². The Balaban J connectivity index is 1.98. The molecule has 1 aliphatic heterocycles. The predicted octanol–water partition coefficient (Wildman–Crippen LogP) is 3.86. The number of halogens is 1. The molecule has 0 saturated carbocycles. The van der Waals surface area contributed by atoms with E-state index in [4.69, 9.17) is 4.74 Å². The third kappa shape index (κ3) is 3.01. The van der Waals surface area contributed by atoms with Gasteiger partial charge in [0.05, 0.1) is 12.7 Å². The largest absolute Gasteiger partial charge is 0.465 e. The fourth-order valence-corrected chi connectivity index (χ4v) is 3.64. The van der Waals surface area contributed by atoms with Crippen molar-refractivity contribution >= 4 is 29.3 Å². The number of esters is 1. The molecule has 0 N–H and O–H groups in total. The SMILES string of the molecule is COC(=O)c1ccc(N2C(=O)[CH]SC2c2ccc(F)cc2)c(C)c1. The second kappa shape index (κ2) is 6.65. The number of rotatable bonds is 3. The third-order valence-electron chi connectivity index (χ3n) is 3.80. The Morgan fingerprint density at radius 1 is 1.21 bits per heavy atom. The van der Waals surface area contributed by atoms with E-state index in [0.717, 1.165) is 11.1 Å². The van der Waals surface area contributed by atoms with Gasteiger partial charge in [0.15, 0.2) is 0 Å². The molecule has 1 fully saturated rings. The normalized spacial score (nSPS) is 17.2. The van der Waals surface area contributed by atoms with E-state index in [-0.39, 0.29) is 17.1 Å². The van der Waals surface area contributed by atoms with Gasteiger partial charge in [0.2, 0.25) is 5.91 Å². The van der Waals surface area contributed by atoms with Gasteiger partial charge in [-0.3, -0.25) is 9.69 Å². The van der Waals surface area contributed by atoms with Gasteiger partial charge >= 0.3 is 5.97 Å². The van der Waals surface area contributed by atoms with E-state index < -0.39 is 5.97 Å². The zero-order valence-corrected chi connectivity index (χ0v) is 14.0. The second-order valence-corrected chi connectivity index (χ2v) is 6.31. The molecule has 123 valence electrons. The van der Waals surface area contributed by atoms with Crippen LogP contribution in [0.15, 0.2) is 42.5 Å². The summed E-state index contributed by atoms with van der Waals surface area (Å²) in [5.41, 5.74) is 2.76. The van der Waals surface area contributed by atoms with Crippen LogP contribution in [-0.2, 0) is 9.53 Å². The van der Waals surface area contributed by atoms with Gasteiger partial charge in [-0.1, -0.05) is 12.1 Å². The van der Waals surface area contributed by atoms with E-state index in [0.29, 0.717) is 11.3 Å². The van der Waals surface area contributed by atoms with Crippen molar-refractivity contribution in [3.63, 3.8) is 0 Å². The Morgan fingerprint density at radius 2 is 1.92 bits per heavy atom. The molecule has 4 nitrogen and oxygen atoms in total. The van der Waals surface area contributed by atoms with E-state index in [2.05, 4.69) is 0 Å². The van der Waals surface area contributed by atoms with Crippen LogP contribution in [0.4, 0.5) is 10.1 Å². The number of thioether (sulfide) groups is 1. The molecule has 2 aromatic carbocycles. The summed E-state index contributed by atoms with van der Waals surface area (Å²) in [6, 6.07) is 11.2. The summed E-state index contributed by atoms with van der Waals surface area (Å²) in [5.74, 6) is 0.667. The minimum absolute atomic E-state index is 0.136. The van der Waals surface area contributed by atoms with Gasteiger partial charge in [0.25, 0.3) is 0 Å². The molecule has 6 heteroatoms. The number of aryl methyl sites for hydroxylation is 1. The fourth-order valence-electron chi connectivity index (χ4n) is 2.63. The first-order chi connectivity index (χ1) is 11.5. The number of ether oxygens (including phenoxy) is 1. The Labute approximate surface area is 143 Å². The number of amides is 1. The Hall–Kier alpha value is -2.34. The minimum atomic E-state index is -0.423. The molecule has 0 aliphatic carbocycles. The second-order valence-electron chi connectivity index (χ2n) is 5.36. The molecule has 1 atom stereocenters. The molecule has 1 saturated heterocycles. The number of carbonyl (C=O) groups excluding carboxylic acids is 2. The molecule has 0 bridgehead atoms. The highest BCUT2D eigenvalue weighted by Crippen LogP contribution is 2.44. The van der Waals surface area contributed by atoms with Gasteiger partial charge in [-0.05, 0) is 48.4 Å². The maximum absolute atomic E-state index is 13.1. The van der Waals surface area contributed by atoms with Crippen LogP contribution in [0.2, 0.25) is 0 Å². The average molecular weight is 344 g/mol. The van der Waals surface area contributed by atoms with E-state index in [9.17, 15) is 14.0 Å². The number of hydrogen-bond acceptors (Lipinski definition) is 4. The summed E-state index contributed by atoms with van der Waals surface area (Å²) < 4.78 is 17.9. The lowest BCUT2D eigenvalue weighted by Gasteiger charge is -2.26. The Morgan fingerprint density at radius 3 is 2.54 bits per heavy atom. The third-order valence-corrected chi connectivity index (χ3v) is 4.88. The van der Waals surface area contributed by atoms with Crippen molar-refractivity contribution in [3.8, 4) is 0 Å². The number of benzene rings is 2. The molecule has 24 heavy (non-hydrogen) atoms. The molecule has 1 heterocycles. The molecule has 1 aliphatic rings. The lowest BCUT2D eigenvalue weighted by atomic mass is 10.1. The van der Waals surface area contributed by atoms with Crippen LogP contribution in [0.3, 0.4) is 0 Å². The number of anilines is 1. The molecule has 1 radical (unpaired) electrons.